The van der Waals surface area contributed by atoms with Crippen LogP contribution in [0.5, 0.6) is 5.75 Å². The molecular weight excluding hydrogens is 300 g/mol. The molecule has 0 fully saturated rings. The molecule has 0 aliphatic carbocycles. The van der Waals surface area contributed by atoms with Gasteiger partial charge in [0.1, 0.15) is 5.75 Å². The van der Waals surface area contributed by atoms with Gasteiger partial charge in [0.25, 0.3) is 0 Å². The van der Waals surface area contributed by atoms with Crippen LogP contribution in [0.4, 0.5) is 0 Å². The lowest BCUT2D eigenvalue weighted by molar-refractivity contribution is 0.414. The van der Waals surface area contributed by atoms with E-state index >= 15 is 0 Å². The second-order valence-corrected chi connectivity index (χ2v) is 6.14. The molecule has 1 aliphatic rings. The SMILES string of the molecule is CCc1nc(-c2ccn3c2CCCC3)n(-c2ccc(OC)cc2)n1. The maximum absolute atomic E-state index is 5.26. The summed E-state index contributed by atoms with van der Waals surface area (Å²) in [4.78, 5) is 4.81. The maximum Gasteiger partial charge on any atom is 0.165 e. The van der Waals surface area contributed by atoms with Crippen LogP contribution in [0.25, 0.3) is 17.1 Å². The Morgan fingerprint density at radius 3 is 2.71 bits per heavy atom. The van der Waals surface area contributed by atoms with Gasteiger partial charge in [-0.1, -0.05) is 6.92 Å². The fourth-order valence-corrected chi connectivity index (χ4v) is 3.35. The molecule has 0 N–H and O–H groups in total. The van der Waals surface area contributed by atoms with Crippen LogP contribution >= 0.6 is 0 Å². The number of aromatic nitrogens is 4. The average Bonchev–Trinajstić information content (AvgIpc) is 3.25. The first-order chi connectivity index (χ1) is 11.8. The summed E-state index contributed by atoms with van der Waals surface area (Å²) in [6, 6.07) is 10.2. The summed E-state index contributed by atoms with van der Waals surface area (Å²) in [5.41, 5.74) is 3.59. The van der Waals surface area contributed by atoms with Crippen molar-refractivity contribution in [2.24, 2.45) is 0 Å². The van der Waals surface area contributed by atoms with E-state index in [4.69, 9.17) is 14.8 Å². The molecule has 5 heteroatoms. The van der Waals surface area contributed by atoms with Crippen LogP contribution < -0.4 is 4.74 Å². The largest absolute Gasteiger partial charge is 0.497 e. The molecular formula is C19H22N4O. The highest BCUT2D eigenvalue weighted by Gasteiger charge is 2.20. The van der Waals surface area contributed by atoms with Crippen LogP contribution in [0, 0.1) is 0 Å². The highest BCUT2D eigenvalue weighted by Crippen LogP contribution is 2.30. The second kappa shape index (κ2) is 6.15. The second-order valence-electron chi connectivity index (χ2n) is 6.14. The van der Waals surface area contributed by atoms with Crippen molar-refractivity contribution in [3.8, 4) is 22.8 Å². The summed E-state index contributed by atoms with van der Waals surface area (Å²) in [5, 5.41) is 4.71. The third kappa shape index (κ3) is 2.50. The van der Waals surface area contributed by atoms with E-state index in [1.807, 2.05) is 28.9 Å². The van der Waals surface area contributed by atoms with E-state index in [1.54, 1.807) is 7.11 Å². The molecule has 0 atom stereocenters. The Bertz CT molecular complexity index is 845. The Kier molecular flexibility index (Phi) is 3.84. The number of methoxy groups -OCH3 is 1. The number of ether oxygens (including phenoxy) is 1. The van der Waals surface area contributed by atoms with Gasteiger partial charge in [0.15, 0.2) is 11.6 Å². The van der Waals surface area contributed by atoms with E-state index in [-0.39, 0.29) is 0 Å². The Balaban J connectivity index is 1.83. The predicted octanol–water partition coefficient (Wildman–Crippen LogP) is 3.64. The summed E-state index contributed by atoms with van der Waals surface area (Å²) in [7, 11) is 1.68. The highest BCUT2D eigenvalue weighted by molar-refractivity contribution is 5.62. The highest BCUT2D eigenvalue weighted by atomic mass is 16.5. The van der Waals surface area contributed by atoms with Crippen molar-refractivity contribution in [3.05, 3.63) is 48.0 Å². The summed E-state index contributed by atoms with van der Waals surface area (Å²) in [5.74, 6) is 2.65. The number of rotatable bonds is 4. The van der Waals surface area contributed by atoms with Gasteiger partial charge in [0.2, 0.25) is 0 Å². The topological polar surface area (TPSA) is 44.9 Å². The van der Waals surface area contributed by atoms with Gasteiger partial charge in [-0.3, -0.25) is 0 Å². The molecule has 3 heterocycles. The van der Waals surface area contributed by atoms with E-state index in [1.165, 1.54) is 24.1 Å². The van der Waals surface area contributed by atoms with Crippen molar-refractivity contribution >= 4 is 0 Å². The van der Waals surface area contributed by atoms with Crippen LogP contribution in [-0.2, 0) is 19.4 Å². The maximum atomic E-state index is 5.26. The first-order valence-corrected chi connectivity index (χ1v) is 8.59. The summed E-state index contributed by atoms with van der Waals surface area (Å²) in [6.07, 6.45) is 6.62. The van der Waals surface area contributed by atoms with Crippen LogP contribution in [0.2, 0.25) is 0 Å². The normalized spacial score (nSPS) is 13.8. The number of nitrogens with zero attached hydrogens (tertiary/aromatic N) is 4. The third-order valence-electron chi connectivity index (χ3n) is 4.67. The monoisotopic (exact) mass is 322 g/mol. The molecule has 24 heavy (non-hydrogen) atoms. The Hall–Kier alpha value is -2.56. The minimum Gasteiger partial charge on any atom is -0.497 e. The Morgan fingerprint density at radius 1 is 1.12 bits per heavy atom. The molecule has 0 saturated heterocycles. The molecule has 124 valence electrons. The molecule has 0 radical (unpaired) electrons. The molecule has 0 amide bonds. The Morgan fingerprint density at radius 2 is 1.96 bits per heavy atom. The number of fused-ring (bicyclic) bond motifs is 1. The van der Waals surface area contributed by atoms with Gasteiger partial charge in [-0.2, -0.15) is 5.10 Å². The number of benzene rings is 1. The fraction of sp³-hybridized carbons (Fsp3) is 0.368. The van der Waals surface area contributed by atoms with Gasteiger partial charge in [-0.25, -0.2) is 9.67 Å². The van der Waals surface area contributed by atoms with Gasteiger partial charge >= 0.3 is 0 Å². The van der Waals surface area contributed by atoms with E-state index in [0.29, 0.717) is 0 Å². The van der Waals surface area contributed by atoms with Crippen LogP contribution in [0.1, 0.15) is 31.3 Å². The molecule has 3 aromatic rings. The molecule has 0 spiro atoms. The minimum absolute atomic E-state index is 0.826. The van der Waals surface area contributed by atoms with E-state index in [0.717, 1.165) is 42.5 Å². The standard InChI is InChI=1S/C19H22N4O/c1-3-18-20-19(16-11-13-22-12-5-4-6-17(16)22)23(21-18)14-7-9-15(24-2)10-8-14/h7-11,13H,3-6,12H2,1-2H3. The van der Waals surface area contributed by atoms with Crippen molar-refractivity contribution in [2.75, 3.05) is 7.11 Å². The van der Waals surface area contributed by atoms with Crippen LogP contribution in [-0.4, -0.2) is 26.4 Å². The zero-order chi connectivity index (χ0) is 16.5. The van der Waals surface area contributed by atoms with Gasteiger partial charge < -0.3 is 9.30 Å². The zero-order valence-corrected chi connectivity index (χ0v) is 14.2. The van der Waals surface area contributed by atoms with Gasteiger partial charge in [-0.05, 0) is 49.6 Å². The summed E-state index contributed by atoms with van der Waals surface area (Å²) < 4.78 is 9.58. The lowest BCUT2D eigenvalue weighted by Crippen LogP contribution is -2.10. The molecule has 1 aromatic carbocycles. The van der Waals surface area contributed by atoms with E-state index in [9.17, 15) is 0 Å². The fourth-order valence-electron chi connectivity index (χ4n) is 3.35. The Labute approximate surface area is 141 Å². The predicted molar refractivity (Wildman–Crippen MR) is 93.7 cm³/mol. The van der Waals surface area contributed by atoms with Gasteiger partial charge in [-0.15, -0.1) is 0 Å². The molecule has 1 aliphatic heterocycles. The van der Waals surface area contributed by atoms with Crippen molar-refractivity contribution in [3.63, 3.8) is 0 Å². The van der Waals surface area contributed by atoms with Crippen LogP contribution in [0.3, 0.4) is 0 Å². The van der Waals surface area contributed by atoms with E-state index in [2.05, 4.69) is 23.8 Å². The number of hydrogen-bond donors (Lipinski definition) is 0. The first kappa shape index (κ1) is 15.0. The lowest BCUT2D eigenvalue weighted by Gasteiger charge is -2.16. The molecule has 0 saturated carbocycles. The van der Waals surface area contributed by atoms with E-state index < -0.39 is 0 Å². The molecule has 5 nitrogen and oxygen atoms in total. The van der Waals surface area contributed by atoms with Crippen molar-refractivity contribution < 1.29 is 4.74 Å². The molecule has 4 rings (SSSR count). The van der Waals surface area contributed by atoms with Crippen molar-refractivity contribution in [1.82, 2.24) is 19.3 Å². The quantitative estimate of drug-likeness (QED) is 0.736. The first-order valence-electron chi connectivity index (χ1n) is 8.59. The lowest BCUT2D eigenvalue weighted by atomic mass is 10.1. The van der Waals surface area contributed by atoms with Gasteiger partial charge in [0.05, 0.1) is 12.8 Å². The number of aryl methyl sites for hydroxylation is 2. The summed E-state index contributed by atoms with van der Waals surface area (Å²) >= 11 is 0. The van der Waals surface area contributed by atoms with Crippen molar-refractivity contribution in [2.45, 2.75) is 39.2 Å². The number of hydrogen-bond acceptors (Lipinski definition) is 3. The smallest absolute Gasteiger partial charge is 0.165 e. The molecule has 0 bridgehead atoms. The van der Waals surface area contributed by atoms with Crippen molar-refractivity contribution in [1.29, 1.82) is 0 Å². The summed E-state index contributed by atoms with van der Waals surface area (Å²) in [6.45, 7) is 3.19. The zero-order valence-electron chi connectivity index (χ0n) is 14.2. The third-order valence-corrected chi connectivity index (χ3v) is 4.67. The molecule has 2 aromatic heterocycles. The van der Waals surface area contributed by atoms with Crippen LogP contribution in [0.15, 0.2) is 36.5 Å². The average molecular weight is 322 g/mol. The minimum atomic E-state index is 0.826. The van der Waals surface area contributed by atoms with Gasteiger partial charge in [0, 0.05) is 30.4 Å². The molecule has 0 unspecified atom stereocenters.